The Morgan fingerprint density at radius 1 is 1.13 bits per heavy atom. The second kappa shape index (κ2) is 9.21. The maximum Gasteiger partial charge on any atom is 0.245 e. The zero-order valence-corrected chi connectivity index (χ0v) is 16.9. The molecule has 2 amide bonds. The summed E-state index contributed by atoms with van der Waals surface area (Å²) in [6.07, 6.45) is 0.119. The van der Waals surface area contributed by atoms with E-state index in [9.17, 15) is 14.0 Å². The first-order valence-electron chi connectivity index (χ1n) is 9.55. The number of halogens is 1. The Labute approximate surface area is 174 Å². The normalized spacial score (nSPS) is 10.6. The fourth-order valence-electron chi connectivity index (χ4n) is 3.12. The Morgan fingerprint density at radius 3 is 2.60 bits per heavy atom. The van der Waals surface area contributed by atoms with Gasteiger partial charge in [-0.1, -0.05) is 24.3 Å². The molecular formula is C22H24FN5O2. The van der Waals surface area contributed by atoms with Crippen LogP contribution in [0.15, 0.2) is 54.6 Å². The molecule has 0 spiro atoms. The van der Waals surface area contributed by atoms with Crippen LogP contribution in [0.4, 0.5) is 15.9 Å². The molecule has 3 N–H and O–H groups in total. The third-order valence-corrected chi connectivity index (χ3v) is 4.51. The van der Waals surface area contributed by atoms with Crippen LogP contribution in [0.3, 0.4) is 0 Å². The van der Waals surface area contributed by atoms with Gasteiger partial charge in [0, 0.05) is 24.7 Å². The molecule has 0 aliphatic rings. The number of aromatic nitrogens is 2. The van der Waals surface area contributed by atoms with Crippen molar-refractivity contribution in [2.75, 3.05) is 23.3 Å². The fraction of sp³-hybridized carbons (Fsp3) is 0.227. The standard InChI is InChI=1S/C22H24FN5O2/c1-15-6-5-7-17(12-15)27(11-10-20(24)29)14-22(30)25-21-13-16(2)26-28(21)19-9-4-3-8-18(19)23/h3-9,12-13H,10-11,14H2,1-2H3,(H2,24,29)(H,25,30). The number of para-hydroxylation sites is 1. The first kappa shape index (κ1) is 21.0. The van der Waals surface area contributed by atoms with Gasteiger partial charge in [-0.05, 0) is 43.7 Å². The van der Waals surface area contributed by atoms with Crippen LogP contribution in [-0.4, -0.2) is 34.7 Å². The van der Waals surface area contributed by atoms with Gasteiger partial charge in [0.1, 0.15) is 17.3 Å². The highest BCUT2D eigenvalue weighted by Gasteiger charge is 2.17. The second-order valence-electron chi connectivity index (χ2n) is 7.06. The average Bonchev–Trinajstić information content (AvgIpc) is 3.05. The van der Waals surface area contributed by atoms with Crippen LogP contribution in [0, 0.1) is 19.7 Å². The molecule has 0 unspecified atom stereocenters. The number of hydrogen-bond donors (Lipinski definition) is 2. The summed E-state index contributed by atoms with van der Waals surface area (Å²) in [5.74, 6) is -0.847. The summed E-state index contributed by atoms with van der Waals surface area (Å²) in [7, 11) is 0. The number of benzene rings is 2. The summed E-state index contributed by atoms with van der Waals surface area (Å²) >= 11 is 0. The highest BCUT2D eigenvalue weighted by Crippen LogP contribution is 2.20. The van der Waals surface area contributed by atoms with Crippen LogP contribution in [0.25, 0.3) is 5.69 Å². The number of carbonyl (C=O) groups is 2. The van der Waals surface area contributed by atoms with E-state index in [0.717, 1.165) is 11.3 Å². The van der Waals surface area contributed by atoms with Crippen molar-refractivity contribution in [3.05, 3.63) is 71.7 Å². The molecule has 1 aromatic heterocycles. The first-order valence-corrected chi connectivity index (χ1v) is 9.55. The monoisotopic (exact) mass is 409 g/mol. The van der Waals surface area contributed by atoms with E-state index in [4.69, 9.17) is 5.73 Å². The lowest BCUT2D eigenvalue weighted by atomic mass is 10.2. The SMILES string of the molecule is Cc1cccc(N(CCC(N)=O)CC(=O)Nc2cc(C)nn2-c2ccccc2F)c1. The quantitative estimate of drug-likeness (QED) is 0.598. The lowest BCUT2D eigenvalue weighted by Crippen LogP contribution is -2.36. The number of rotatable bonds is 8. The minimum Gasteiger partial charge on any atom is -0.370 e. The van der Waals surface area contributed by atoms with Gasteiger partial charge in [0.15, 0.2) is 0 Å². The zero-order valence-electron chi connectivity index (χ0n) is 16.9. The minimum atomic E-state index is -0.445. The smallest absolute Gasteiger partial charge is 0.245 e. The van der Waals surface area contributed by atoms with Crippen molar-refractivity contribution in [2.45, 2.75) is 20.3 Å². The molecule has 0 saturated heterocycles. The molecule has 8 heteroatoms. The summed E-state index contributed by atoms with van der Waals surface area (Å²) in [4.78, 5) is 25.8. The molecule has 2 aromatic carbocycles. The molecule has 3 rings (SSSR count). The molecule has 0 radical (unpaired) electrons. The third-order valence-electron chi connectivity index (χ3n) is 4.51. The number of primary amides is 1. The van der Waals surface area contributed by atoms with E-state index in [1.165, 1.54) is 10.7 Å². The topological polar surface area (TPSA) is 93.2 Å². The molecular weight excluding hydrogens is 385 g/mol. The van der Waals surface area contributed by atoms with E-state index in [2.05, 4.69) is 10.4 Å². The molecule has 0 aliphatic heterocycles. The predicted octanol–water partition coefficient (Wildman–Crippen LogP) is 2.95. The van der Waals surface area contributed by atoms with E-state index in [0.29, 0.717) is 18.1 Å². The number of nitrogens with two attached hydrogens (primary N) is 1. The van der Waals surface area contributed by atoms with Crippen LogP contribution in [0.1, 0.15) is 17.7 Å². The molecule has 156 valence electrons. The van der Waals surface area contributed by atoms with Gasteiger partial charge < -0.3 is 16.0 Å². The maximum atomic E-state index is 14.2. The van der Waals surface area contributed by atoms with E-state index in [1.807, 2.05) is 31.2 Å². The molecule has 0 bridgehead atoms. The highest BCUT2D eigenvalue weighted by molar-refractivity contribution is 5.93. The molecule has 0 atom stereocenters. The molecule has 0 saturated carbocycles. The second-order valence-corrected chi connectivity index (χ2v) is 7.06. The van der Waals surface area contributed by atoms with Crippen molar-refractivity contribution in [3.63, 3.8) is 0 Å². The Morgan fingerprint density at radius 2 is 1.90 bits per heavy atom. The van der Waals surface area contributed by atoms with Crippen LogP contribution in [0.5, 0.6) is 0 Å². The number of aryl methyl sites for hydroxylation is 2. The number of nitrogens with one attached hydrogen (secondary N) is 1. The average molecular weight is 409 g/mol. The van der Waals surface area contributed by atoms with Gasteiger partial charge in [-0.15, -0.1) is 0 Å². The third kappa shape index (κ3) is 5.22. The van der Waals surface area contributed by atoms with E-state index in [1.54, 1.807) is 36.1 Å². The molecule has 1 heterocycles. The predicted molar refractivity (Wildman–Crippen MR) is 114 cm³/mol. The minimum absolute atomic E-state index is 0.00175. The Kier molecular flexibility index (Phi) is 6.46. The van der Waals surface area contributed by atoms with Gasteiger partial charge >= 0.3 is 0 Å². The number of hydrogen-bond acceptors (Lipinski definition) is 4. The van der Waals surface area contributed by atoms with Gasteiger partial charge in [-0.3, -0.25) is 9.59 Å². The van der Waals surface area contributed by atoms with Crippen LogP contribution in [-0.2, 0) is 9.59 Å². The molecule has 0 fully saturated rings. The molecule has 3 aromatic rings. The zero-order chi connectivity index (χ0) is 21.7. The van der Waals surface area contributed by atoms with Crippen LogP contribution in [0.2, 0.25) is 0 Å². The fourth-order valence-corrected chi connectivity index (χ4v) is 3.12. The number of amides is 2. The Bertz CT molecular complexity index is 1060. The highest BCUT2D eigenvalue weighted by atomic mass is 19.1. The summed E-state index contributed by atoms with van der Waals surface area (Å²) in [5.41, 5.74) is 8.01. The van der Waals surface area contributed by atoms with Gasteiger partial charge in [-0.2, -0.15) is 5.10 Å². The van der Waals surface area contributed by atoms with Crippen molar-refractivity contribution in [3.8, 4) is 5.69 Å². The van der Waals surface area contributed by atoms with Crippen molar-refractivity contribution in [2.24, 2.45) is 5.73 Å². The lowest BCUT2D eigenvalue weighted by molar-refractivity contribution is -0.118. The number of anilines is 2. The van der Waals surface area contributed by atoms with Crippen LogP contribution < -0.4 is 16.0 Å². The summed E-state index contributed by atoms with van der Waals surface area (Å²) < 4.78 is 15.6. The van der Waals surface area contributed by atoms with Crippen LogP contribution >= 0.6 is 0 Å². The largest absolute Gasteiger partial charge is 0.370 e. The summed E-state index contributed by atoms with van der Waals surface area (Å²) in [6.45, 7) is 4.01. The van der Waals surface area contributed by atoms with Gasteiger partial charge in [0.05, 0.1) is 12.2 Å². The van der Waals surface area contributed by atoms with E-state index < -0.39 is 11.7 Å². The van der Waals surface area contributed by atoms with E-state index >= 15 is 0 Å². The van der Waals surface area contributed by atoms with Crippen molar-refractivity contribution in [1.29, 1.82) is 0 Å². The molecule has 30 heavy (non-hydrogen) atoms. The van der Waals surface area contributed by atoms with E-state index in [-0.39, 0.29) is 24.6 Å². The van der Waals surface area contributed by atoms with Gasteiger partial charge in [-0.25, -0.2) is 9.07 Å². The molecule has 7 nitrogen and oxygen atoms in total. The maximum absolute atomic E-state index is 14.2. The van der Waals surface area contributed by atoms with Gasteiger partial charge in [0.2, 0.25) is 11.8 Å². The summed E-state index contributed by atoms with van der Waals surface area (Å²) in [5, 5.41) is 7.09. The van der Waals surface area contributed by atoms with Gasteiger partial charge in [0.25, 0.3) is 0 Å². The Balaban J connectivity index is 1.81. The first-order chi connectivity index (χ1) is 14.3. The lowest BCUT2D eigenvalue weighted by Gasteiger charge is -2.24. The van der Waals surface area contributed by atoms with Crippen molar-refractivity contribution < 1.29 is 14.0 Å². The summed E-state index contributed by atoms with van der Waals surface area (Å²) in [6, 6.07) is 15.5. The number of nitrogens with zero attached hydrogens (tertiary/aromatic N) is 3. The van der Waals surface area contributed by atoms with Crippen molar-refractivity contribution >= 4 is 23.3 Å². The van der Waals surface area contributed by atoms with Crippen molar-refractivity contribution in [1.82, 2.24) is 9.78 Å². The Hall–Kier alpha value is -3.68. The number of carbonyl (C=O) groups excluding carboxylic acids is 2. The molecule has 0 aliphatic carbocycles.